The highest BCUT2D eigenvalue weighted by Crippen LogP contribution is 2.43. The molecule has 1 aromatic rings. The van der Waals surface area contributed by atoms with Crippen LogP contribution in [0.25, 0.3) is 0 Å². The summed E-state index contributed by atoms with van der Waals surface area (Å²) in [7, 11) is 0. The number of amides is 1. The molecule has 3 N–H and O–H groups in total. The van der Waals surface area contributed by atoms with Gasteiger partial charge in [-0.2, -0.15) is 0 Å². The predicted octanol–water partition coefficient (Wildman–Crippen LogP) is 2.92. The summed E-state index contributed by atoms with van der Waals surface area (Å²) in [4.78, 5) is 10.6. The third kappa shape index (κ3) is 3.73. The Balaban J connectivity index is 1.78. The SMILES string of the molecule is C[C@H]1CC(NCCCCC(N)=O)c2ccsc2S1. The van der Waals surface area contributed by atoms with Crippen LogP contribution in [0.3, 0.4) is 0 Å². The molecule has 100 valence electrons. The van der Waals surface area contributed by atoms with E-state index in [2.05, 4.69) is 23.7 Å². The Hall–Kier alpha value is -0.520. The van der Waals surface area contributed by atoms with E-state index in [1.54, 1.807) is 0 Å². The van der Waals surface area contributed by atoms with Gasteiger partial charge in [-0.3, -0.25) is 4.79 Å². The van der Waals surface area contributed by atoms with Crippen molar-refractivity contribution in [3.63, 3.8) is 0 Å². The van der Waals surface area contributed by atoms with Crippen LogP contribution < -0.4 is 11.1 Å². The first-order valence-corrected chi connectivity index (χ1v) is 8.18. The topological polar surface area (TPSA) is 55.1 Å². The number of rotatable bonds is 6. The number of primary amides is 1. The maximum absolute atomic E-state index is 10.6. The Morgan fingerprint density at radius 3 is 3.17 bits per heavy atom. The average Bonchev–Trinajstić information content (AvgIpc) is 2.75. The van der Waals surface area contributed by atoms with Crippen molar-refractivity contribution in [1.29, 1.82) is 0 Å². The molecule has 2 atom stereocenters. The lowest BCUT2D eigenvalue weighted by Crippen LogP contribution is -2.27. The van der Waals surface area contributed by atoms with Gasteiger partial charge in [0.15, 0.2) is 0 Å². The first-order valence-electron chi connectivity index (χ1n) is 6.42. The quantitative estimate of drug-likeness (QED) is 0.790. The zero-order valence-electron chi connectivity index (χ0n) is 10.6. The lowest BCUT2D eigenvalue weighted by atomic mass is 10.0. The smallest absolute Gasteiger partial charge is 0.217 e. The van der Waals surface area contributed by atoms with Gasteiger partial charge in [0.2, 0.25) is 5.91 Å². The molecular weight excluding hydrogens is 264 g/mol. The van der Waals surface area contributed by atoms with Gasteiger partial charge >= 0.3 is 0 Å². The minimum atomic E-state index is -0.196. The van der Waals surface area contributed by atoms with E-state index in [0.29, 0.717) is 17.7 Å². The second-order valence-electron chi connectivity index (χ2n) is 4.76. The fourth-order valence-corrected chi connectivity index (χ4v) is 4.81. The van der Waals surface area contributed by atoms with Gasteiger partial charge < -0.3 is 11.1 Å². The van der Waals surface area contributed by atoms with Gasteiger partial charge in [-0.25, -0.2) is 0 Å². The van der Waals surface area contributed by atoms with Crippen molar-refractivity contribution in [2.45, 2.75) is 48.1 Å². The van der Waals surface area contributed by atoms with E-state index in [1.807, 2.05) is 23.1 Å². The standard InChI is InChI=1S/C13H20N2OS2/c1-9-8-11(10-5-7-17-13(10)18-9)15-6-3-2-4-12(14)16/h5,7,9,11,15H,2-4,6,8H2,1H3,(H2,14,16)/t9-,11?/m0/s1. The molecule has 0 saturated carbocycles. The minimum Gasteiger partial charge on any atom is -0.370 e. The fourth-order valence-electron chi connectivity index (χ4n) is 2.24. The van der Waals surface area contributed by atoms with Crippen LogP contribution in [0, 0.1) is 0 Å². The highest BCUT2D eigenvalue weighted by Gasteiger charge is 2.25. The number of thioether (sulfide) groups is 1. The molecule has 0 radical (unpaired) electrons. The molecule has 1 amide bonds. The van der Waals surface area contributed by atoms with Crippen LogP contribution in [0.15, 0.2) is 15.7 Å². The van der Waals surface area contributed by atoms with Gasteiger partial charge in [0.1, 0.15) is 0 Å². The second kappa shape index (κ2) is 6.59. The lowest BCUT2D eigenvalue weighted by molar-refractivity contribution is -0.118. The van der Waals surface area contributed by atoms with Gasteiger partial charge in [0.05, 0.1) is 4.21 Å². The zero-order valence-corrected chi connectivity index (χ0v) is 12.3. The van der Waals surface area contributed by atoms with Gasteiger partial charge in [0, 0.05) is 17.7 Å². The van der Waals surface area contributed by atoms with E-state index in [-0.39, 0.29) is 5.91 Å². The molecule has 1 unspecified atom stereocenters. The number of thiophene rings is 1. The largest absolute Gasteiger partial charge is 0.370 e. The zero-order chi connectivity index (χ0) is 13.0. The fraction of sp³-hybridized carbons (Fsp3) is 0.615. The van der Waals surface area contributed by atoms with E-state index in [0.717, 1.165) is 19.4 Å². The molecule has 18 heavy (non-hydrogen) atoms. The third-order valence-electron chi connectivity index (χ3n) is 3.15. The Labute approximate surface area is 117 Å². The number of unbranched alkanes of at least 4 members (excludes halogenated alkanes) is 1. The van der Waals surface area contributed by atoms with Crippen LogP contribution in [-0.2, 0) is 4.79 Å². The minimum absolute atomic E-state index is 0.196. The average molecular weight is 284 g/mol. The number of hydrogen-bond acceptors (Lipinski definition) is 4. The van der Waals surface area contributed by atoms with E-state index in [4.69, 9.17) is 5.73 Å². The molecule has 3 nitrogen and oxygen atoms in total. The highest BCUT2D eigenvalue weighted by molar-refractivity contribution is 8.01. The second-order valence-corrected chi connectivity index (χ2v) is 7.38. The van der Waals surface area contributed by atoms with Crippen LogP contribution >= 0.6 is 23.1 Å². The lowest BCUT2D eigenvalue weighted by Gasteiger charge is -2.27. The van der Waals surface area contributed by atoms with E-state index in [1.165, 1.54) is 16.2 Å². The molecule has 1 aliphatic heterocycles. The van der Waals surface area contributed by atoms with Crippen molar-refractivity contribution in [2.24, 2.45) is 5.73 Å². The van der Waals surface area contributed by atoms with E-state index < -0.39 is 0 Å². The van der Waals surface area contributed by atoms with Crippen LogP contribution in [-0.4, -0.2) is 17.7 Å². The summed E-state index contributed by atoms with van der Waals surface area (Å²) < 4.78 is 1.46. The first-order chi connectivity index (χ1) is 8.66. The van der Waals surface area contributed by atoms with Gasteiger partial charge in [-0.05, 0) is 42.8 Å². The van der Waals surface area contributed by atoms with E-state index in [9.17, 15) is 4.79 Å². The molecule has 0 fully saturated rings. The maximum atomic E-state index is 10.6. The Kier molecular flexibility index (Phi) is 5.09. The molecule has 1 aromatic heterocycles. The van der Waals surface area contributed by atoms with Crippen molar-refractivity contribution in [2.75, 3.05) is 6.54 Å². The third-order valence-corrected chi connectivity index (χ3v) is 5.49. The summed E-state index contributed by atoms with van der Waals surface area (Å²) in [5.74, 6) is -0.196. The summed E-state index contributed by atoms with van der Waals surface area (Å²) >= 11 is 3.83. The number of carbonyl (C=O) groups excluding carboxylic acids is 1. The van der Waals surface area contributed by atoms with Crippen molar-refractivity contribution in [3.8, 4) is 0 Å². The monoisotopic (exact) mass is 284 g/mol. The molecule has 5 heteroatoms. The van der Waals surface area contributed by atoms with Crippen molar-refractivity contribution < 1.29 is 4.79 Å². The molecule has 0 bridgehead atoms. The number of hydrogen-bond donors (Lipinski definition) is 2. The van der Waals surface area contributed by atoms with E-state index >= 15 is 0 Å². The van der Waals surface area contributed by atoms with Crippen LogP contribution in [0.5, 0.6) is 0 Å². The summed E-state index contributed by atoms with van der Waals surface area (Å²) in [6, 6.07) is 2.72. The summed E-state index contributed by atoms with van der Waals surface area (Å²) in [5, 5.41) is 6.47. The molecule has 2 rings (SSSR count). The van der Waals surface area contributed by atoms with Gasteiger partial charge in [0.25, 0.3) is 0 Å². The Bertz CT molecular complexity index is 405. The molecule has 0 aromatic carbocycles. The van der Waals surface area contributed by atoms with Crippen LogP contribution in [0.2, 0.25) is 0 Å². The number of carbonyl (C=O) groups is 1. The molecule has 0 saturated heterocycles. The highest BCUT2D eigenvalue weighted by atomic mass is 32.2. The first kappa shape index (κ1) is 13.9. The normalized spacial score (nSPS) is 22.7. The van der Waals surface area contributed by atoms with Gasteiger partial charge in [-0.15, -0.1) is 23.1 Å². The van der Waals surface area contributed by atoms with Crippen LogP contribution in [0.1, 0.15) is 44.2 Å². The molecular formula is C13H20N2OS2. The van der Waals surface area contributed by atoms with Crippen LogP contribution in [0.4, 0.5) is 0 Å². The molecule has 1 aliphatic rings. The molecule has 0 aliphatic carbocycles. The molecule has 0 spiro atoms. The van der Waals surface area contributed by atoms with Gasteiger partial charge in [-0.1, -0.05) is 6.92 Å². The predicted molar refractivity (Wildman–Crippen MR) is 78.0 cm³/mol. The number of nitrogens with one attached hydrogen (secondary N) is 1. The maximum Gasteiger partial charge on any atom is 0.217 e. The summed E-state index contributed by atoms with van der Waals surface area (Å²) in [6.07, 6.45) is 3.59. The number of fused-ring (bicyclic) bond motifs is 1. The summed E-state index contributed by atoms with van der Waals surface area (Å²) in [5.41, 5.74) is 6.58. The van der Waals surface area contributed by atoms with Crippen molar-refractivity contribution in [3.05, 3.63) is 17.0 Å². The van der Waals surface area contributed by atoms with Crippen molar-refractivity contribution >= 4 is 29.0 Å². The Morgan fingerprint density at radius 2 is 2.39 bits per heavy atom. The molecule has 2 heterocycles. The number of nitrogens with two attached hydrogens (primary N) is 1. The Morgan fingerprint density at radius 1 is 1.56 bits per heavy atom. The summed E-state index contributed by atoms with van der Waals surface area (Å²) in [6.45, 7) is 3.25. The van der Waals surface area contributed by atoms with Crippen molar-refractivity contribution in [1.82, 2.24) is 5.32 Å².